The van der Waals surface area contributed by atoms with E-state index in [9.17, 15) is 4.79 Å². The number of rotatable bonds is 3. The molecule has 5 heteroatoms. The minimum Gasteiger partial charge on any atom is -0.491 e. The number of aryl methyl sites for hydroxylation is 3. The Morgan fingerprint density at radius 1 is 1.08 bits per heavy atom. The summed E-state index contributed by atoms with van der Waals surface area (Å²) in [4.78, 5) is 17.6. The van der Waals surface area contributed by atoms with Crippen LogP contribution in [0, 0.1) is 13.8 Å². The summed E-state index contributed by atoms with van der Waals surface area (Å²) in [6, 6.07) is 11.3. The summed E-state index contributed by atoms with van der Waals surface area (Å²) in [6.07, 6.45) is 0.107. The number of fused-ring (bicyclic) bond motifs is 1. The first-order valence-corrected chi connectivity index (χ1v) is 9.10. The maximum Gasteiger partial charge on any atom is 0.279 e. The van der Waals surface area contributed by atoms with Crippen molar-refractivity contribution in [1.29, 1.82) is 0 Å². The van der Waals surface area contributed by atoms with E-state index in [1.54, 1.807) is 23.5 Å². The van der Waals surface area contributed by atoms with Gasteiger partial charge in [-0.05, 0) is 63.1 Å². The van der Waals surface area contributed by atoms with Gasteiger partial charge in [-0.1, -0.05) is 23.5 Å². The van der Waals surface area contributed by atoms with Crippen LogP contribution < -0.4 is 9.54 Å². The number of hydrogen-bond donors (Lipinski definition) is 0. The second-order valence-corrected chi connectivity index (χ2v) is 7.41. The predicted molar refractivity (Wildman–Crippen MR) is 102 cm³/mol. The van der Waals surface area contributed by atoms with E-state index in [2.05, 4.69) is 31.0 Å². The van der Waals surface area contributed by atoms with Crippen molar-refractivity contribution in [2.24, 2.45) is 12.0 Å². The lowest BCUT2D eigenvalue weighted by molar-refractivity contribution is 0.0998. The molecule has 0 unspecified atom stereocenters. The Kier molecular flexibility index (Phi) is 4.77. The Balaban J connectivity index is 1.99. The standard InChI is InChI=1S/C20H22N2O2S/c1-12(2)24-16-10-8-15(9-11-16)19(23)21-20-22(5)17-13(3)6-7-14(4)18(17)25-20/h6-12H,1-5H3. The molecule has 3 aromatic rings. The lowest BCUT2D eigenvalue weighted by Gasteiger charge is -2.09. The number of carbonyl (C=O) groups excluding carboxylic acids is 1. The van der Waals surface area contributed by atoms with Crippen molar-refractivity contribution in [3.63, 3.8) is 0 Å². The van der Waals surface area contributed by atoms with E-state index in [4.69, 9.17) is 4.74 Å². The molecule has 3 rings (SSSR count). The second-order valence-electron chi connectivity index (χ2n) is 6.43. The molecule has 4 nitrogen and oxygen atoms in total. The minimum absolute atomic E-state index is 0.107. The zero-order valence-electron chi connectivity index (χ0n) is 15.2. The van der Waals surface area contributed by atoms with E-state index in [1.165, 1.54) is 15.8 Å². The summed E-state index contributed by atoms with van der Waals surface area (Å²) in [7, 11) is 1.96. The Hall–Kier alpha value is -2.40. The van der Waals surface area contributed by atoms with Gasteiger partial charge in [0.1, 0.15) is 5.75 Å². The van der Waals surface area contributed by atoms with Gasteiger partial charge in [0, 0.05) is 12.6 Å². The van der Waals surface area contributed by atoms with Gasteiger partial charge in [-0.3, -0.25) is 4.79 Å². The highest BCUT2D eigenvalue weighted by Crippen LogP contribution is 2.24. The van der Waals surface area contributed by atoms with Gasteiger partial charge in [0.15, 0.2) is 4.80 Å². The summed E-state index contributed by atoms with van der Waals surface area (Å²) in [5.41, 5.74) is 4.08. The molecule has 0 spiro atoms. The van der Waals surface area contributed by atoms with E-state index in [0.717, 1.165) is 11.3 Å². The third-order valence-corrected chi connectivity index (χ3v) is 5.28. The van der Waals surface area contributed by atoms with E-state index in [0.29, 0.717) is 10.4 Å². The van der Waals surface area contributed by atoms with Crippen molar-refractivity contribution >= 4 is 27.5 Å². The number of amides is 1. The molecule has 0 N–H and O–H groups in total. The number of thiazole rings is 1. The number of nitrogens with zero attached hydrogens (tertiary/aromatic N) is 2. The van der Waals surface area contributed by atoms with Crippen molar-refractivity contribution in [3.8, 4) is 5.75 Å². The number of aromatic nitrogens is 1. The van der Waals surface area contributed by atoms with Gasteiger partial charge in [0.05, 0.1) is 16.3 Å². The molecule has 0 saturated carbocycles. The molecule has 0 aliphatic carbocycles. The molecule has 0 saturated heterocycles. The number of hydrogen-bond acceptors (Lipinski definition) is 3. The van der Waals surface area contributed by atoms with Crippen LogP contribution in [-0.4, -0.2) is 16.6 Å². The average molecular weight is 354 g/mol. The van der Waals surface area contributed by atoms with Crippen LogP contribution in [0.25, 0.3) is 10.2 Å². The Morgan fingerprint density at radius 3 is 2.32 bits per heavy atom. The third-order valence-electron chi connectivity index (χ3n) is 4.02. The van der Waals surface area contributed by atoms with Crippen LogP contribution in [0.4, 0.5) is 0 Å². The first kappa shape index (κ1) is 17.4. The molecule has 0 aliphatic heterocycles. The Morgan fingerprint density at radius 2 is 1.72 bits per heavy atom. The van der Waals surface area contributed by atoms with Crippen LogP contribution in [-0.2, 0) is 7.05 Å². The zero-order valence-corrected chi connectivity index (χ0v) is 16.0. The second kappa shape index (κ2) is 6.84. The fraction of sp³-hybridized carbons (Fsp3) is 0.300. The molecule has 1 amide bonds. The first-order valence-electron chi connectivity index (χ1n) is 8.28. The van der Waals surface area contributed by atoms with Crippen molar-refractivity contribution in [2.75, 3.05) is 0 Å². The van der Waals surface area contributed by atoms with Crippen LogP contribution in [0.1, 0.15) is 35.3 Å². The average Bonchev–Trinajstić information content (AvgIpc) is 2.89. The summed E-state index contributed by atoms with van der Waals surface area (Å²) >= 11 is 1.55. The number of benzene rings is 2. The molecule has 1 aromatic heterocycles. The topological polar surface area (TPSA) is 43.6 Å². The van der Waals surface area contributed by atoms with Gasteiger partial charge in [0.2, 0.25) is 0 Å². The molecule has 25 heavy (non-hydrogen) atoms. The van der Waals surface area contributed by atoms with E-state index < -0.39 is 0 Å². The lowest BCUT2D eigenvalue weighted by atomic mass is 10.1. The fourth-order valence-electron chi connectivity index (χ4n) is 2.77. The summed E-state index contributed by atoms with van der Waals surface area (Å²) in [5.74, 6) is 0.513. The quantitative estimate of drug-likeness (QED) is 0.700. The van der Waals surface area contributed by atoms with E-state index >= 15 is 0 Å². The van der Waals surface area contributed by atoms with Crippen molar-refractivity contribution in [3.05, 3.63) is 57.9 Å². The summed E-state index contributed by atoms with van der Waals surface area (Å²) < 4.78 is 8.78. The molecular weight excluding hydrogens is 332 g/mol. The Bertz CT molecular complexity index is 995. The smallest absolute Gasteiger partial charge is 0.279 e. The van der Waals surface area contributed by atoms with Crippen molar-refractivity contribution in [2.45, 2.75) is 33.8 Å². The van der Waals surface area contributed by atoms with Gasteiger partial charge >= 0.3 is 0 Å². The lowest BCUT2D eigenvalue weighted by Crippen LogP contribution is -2.13. The maximum absolute atomic E-state index is 12.5. The van der Waals surface area contributed by atoms with Crippen molar-refractivity contribution < 1.29 is 9.53 Å². The zero-order chi connectivity index (χ0) is 18.1. The highest BCUT2D eigenvalue weighted by Gasteiger charge is 2.10. The molecule has 2 aromatic carbocycles. The van der Waals surface area contributed by atoms with Crippen LogP contribution >= 0.6 is 11.3 Å². The largest absolute Gasteiger partial charge is 0.491 e. The van der Waals surface area contributed by atoms with E-state index in [-0.39, 0.29) is 12.0 Å². The number of carbonyl (C=O) groups is 1. The Labute approximate surface area is 151 Å². The predicted octanol–water partition coefficient (Wildman–Crippen LogP) is 4.38. The van der Waals surface area contributed by atoms with Crippen LogP contribution in [0.3, 0.4) is 0 Å². The molecule has 130 valence electrons. The van der Waals surface area contributed by atoms with Gasteiger partial charge in [-0.15, -0.1) is 0 Å². The van der Waals surface area contributed by atoms with Gasteiger partial charge in [0.25, 0.3) is 5.91 Å². The first-order chi connectivity index (χ1) is 11.9. The van der Waals surface area contributed by atoms with E-state index in [1.807, 2.05) is 37.6 Å². The van der Waals surface area contributed by atoms with Gasteiger partial charge in [-0.25, -0.2) is 0 Å². The highest BCUT2D eigenvalue weighted by molar-refractivity contribution is 7.16. The maximum atomic E-state index is 12.5. The monoisotopic (exact) mass is 354 g/mol. The van der Waals surface area contributed by atoms with Crippen LogP contribution in [0.15, 0.2) is 41.4 Å². The molecule has 0 aliphatic rings. The SMILES string of the molecule is Cc1ccc(C)c2c1sc(=NC(=O)c1ccc(OC(C)C)cc1)n2C. The molecule has 0 fully saturated rings. The van der Waals surface area contributed by atoms with Gasteiger partial charge < -0.3 is 9.30 Å². The fourth-order valence-corrected chi connectivity index (χ4v) is 3.93. The van der Waals surface area contributed by atoms with Crippen LogP contribution in [0.2, 0.25) is 0 Å². The molecular formula is C20H22N2O2S. The summed E-state index contributed by atoms with van der Waals surface area (Å²) in [6.45, 7) is 8.10. The minimum atomic E-state index is -0.242. The highest BCUT2D eigenvalue weighted by atomic mass is 32.1. The summed E-state index contributed by atoms with van der Waals surface area (Å²) in [5, 5.41) is 0. The number of ether oxygens (including phenoxy) is 1. The third kappa shape index (κ3) is 3.51. The van der Waals surface area contributed by atoms with Crippen LogP contribution in [0.5, 0.6) is 5.75 Å². The molecule has 1 heterocycles. The normalized spacial score (nSPS) is 12.2. The van der Waals surface area contributed by atoms with Crippen molar-refractivity contribution in [1.82, 2.24) is 4.57 Å². The molecule has 0 bridgehead atoms. The van der Waals surface area contributed by atoms with Gasteiger partial charge in [-0.2, -0.15) is 4.99 Å². The molecule has 0 radical (unpaired) electrons. The molecule has 0 atom stereocenters.